The van der Waals surface area contributed by atoms with Gasteiger partial charge < -0.3 is 8.83 Å². The standard InChI is InChI=1S/C18H28N2O2/c1-5-19(6-2)17(15-11-9-13-21-15)18(20(7-3)8-4)16-12-10-14-22-16/h9-14,17-18H,5-8H2,1-4H3. The van der Waals surface area contributed by atoms with Gasteiger partial charge in [-0.15, -0.1) is 0 Å². The maximum Gasteiger partial charge on any atom is 0.122 e. The van der Waals surface area contributed by atoms with Crippen molar-refractivity contribution in [1.82, 2.24) is 9.80 Å². The molecule has 0 saturated heterocycles. The monoisotopic (exact) mass is 304 g/mol. The number of likely N-dealkylation sites (N-methyl/N-ethyl adjacent to an activating group) is 2. The average Bonchev–Trinajstić information content (AvgIpc) is 3.24. The van der Waals surface area contributed by atoms with Crippen LogP contribution in [0.25, 0.3) is 0 Å². The highest BCUT2D eigenvalue weighted by Crippen LogP contribution is 2.38. The highest BCUT2D eigenvalue weighted by atomic mass is 16.3. The van der Waals surface area contributed by atoms with Crippen LogP contribution in [0.4, 0.5) is 0 Å². The summed E-state index contributed by atoms with van der Waals surface area (Å²) < 4.78 is 11.6. The third-order valence-corrected chi connectivity index (χ3v) is 4.38. The molecule has 2 heterocycles. The molecule has 2 aromatic rings. The highest BCUT2D eigenvalue weighted by molar-refractivity contribution is 5.16. The van der Waals surface area contributed by atoms with Gasteiger partial charge in [0.05, 0.1) is 24.6 Å². The first-order valence-electron chi connectivity index (χ1n) is 8.31. The smallest absolute Gasteiger partial charge is 0.122 e. The first-order chi connectivity index (χ1) is 10.8. The Balaban J connectivity index is 2.47. The van der Waals surface area contributed by atoms with Crippen LogP contribution in [-0.4, -0.2) is 36.0 Å². The molecule has 4 nitrogen and oxygen atoms in total. The largest absolute Gasteiger partial charge is 0.468 e. The number of rotatable bonds is 9. The highest BCUT2D eigenvalue weighted by Gasteiger charge is 2.35. The van der Waals surface area contributed by atoms with E-state index in [0.29, 0.717) is 0 Å². The lowest BCUT2D eigenvalue weighted by Crippen LogP contribution is -2.40. The van der Waals surface area contributed by atoms with Crippen LogP contribution in [0.5, 0.6) is 0 Å². The van der Waals surface area contributed by atoms with Gasteiger partial charge in [0, 0.05) is 0 Å². The minimum Gasteiger partial charge on any atom is -0.468 e. The van der Waals surface area contributed by atoms with E-state index in [4.69, 9.17) is 8.83 Å². The summed E-state index contributed by atoms with van der Waals surface area (Å²) in [6, 6.07) is 8.37. The Bertz CT molecular complexity index is 451. The van der Waals surface area contributed by atoms with Crippen LogP contribution in [0.3, 0.4) is 0 Å². The fourth-order valence-corrected chi connectivity index (χ4v) is 3.22. The van der Waals surface area contributed by atoms with Crippen molar-refractivity contribution in [2.75, 3.05) is 26.2 Å². The zero-order valence-corrected chi connectivity index (χ0v) is 14.2. The van der Waals surface area contributed by atoms with Crippen LogP contribution < -0.4 is 0 Å². The van der Waals surface area contributed by atoms with Gasteiger partial charge in [0.2, 0.25) is 0 Å². The van der Waals surface area contributed by atoms with Gasteiger partial charge >= 0.3 is 0 Å². The molecule has 0 saturated carbocycles. The van der Waals surface area contributed by atoms with Crippen LogP contribution in [0.1, 0.15) is 51.3 Å². The number of hydrogen-bond donors (Lipinski definition) is 0. The summed E-state index contributed by atoms with van der Waals surface area (Å²) in [4.78, 5) is 4.87. The maximum atomic E-state index is 5.79. The lowest BCUT2D eigenvalue weighted by atomic mass is 9.99. The average molecular weight is 304 g/mol. The van der Waals surface area contributed by atoms with Crippen LogP contribution in [-0.2, 0) is 0 Å². The minimum absolute atomic E-state index is 0.149. The summed E-state index contributed by atoms with van der Waals surface area (Å²) in [5, 5.41) is 0. The summed E-state index contributed by atoms with van der Waals surface area (Å²) in [5.41, 5.74) is 0. The fourth-order valence-electron chi connectivity index (χ4n) is 3.22. The Kier molecular flexibility index (Phi) is 6.28. The number of furan rings is 2. The topological polar surface area (TPSA) is 32.8 Å². The summed E-state index contributed by atoms with van der Waals surface area (Å²) in [6.45, 7) is 12.7. The maximum absolute atomic E-state index is 5.79. The molecule has 0 fully saturated rings. The van der Waals surface area contributed by atoms with E-state index in [0.717, 1.165) is 37.7 Å². The van der Waals surface area contributed by atoms with Crippen molar-refractivity contribution in [2.45, 2.75) is 39.8 Å². The molecule has 122 valence electrons. The van der Waals surface area contributed by atoms with Crippen molar-refractivity contribution < 1.29 is 8.83 Å². The molecule has 4 heteroatoms. The predicted octanol–water partition coefficient (Wildman–Crippen LogP) is 4.34. The van der Waals surface area contributed by atoms with E-state index in [1.807, 2.05) is 12.1 Å². The van der Waals surface area contributed by atoms with Gasteiger partial charge in [0.15, 0.2) is 0 Å². The Labute approximate surface area is 133 Å². The molecule has 0 aliphatic carbocycles. The van der Waals surface area contributed by atoms with Crippen molar-refractivity contribution >= 4 is 0 Å². The molecule has 2 rings (SSSR count). The van der Waals surface area contributed by atoms with Crippen molar-refractivity contribution in [3.05, 3.63) is 48.3 Å². The Hall–Kier alpha value is -1.52. The van der Waals surface area contributed by atoms with Gasteiger partial charge in [0.25, 0.3) is 0 Å². The van der Waals surface area contributed by atoms with E-state index in [-0.39, 0.29) is 12.1 Å². The molecular formula is C18H28N2O2. The van der Waals surface area contributed by atoms with Gasteiger partial charge in [-0.3, -0.25) is 9.80 Å². The van der Waals surface area contributed by atoms with E-state index in [1.54, 1.807) is 12.5 Å². The van der Waals surface area contributed by atoms with Gasteiger partial charge in [-0.05, 0) is 50.4 Å². The van der Waals surface area contributed by atoms with E-state index in [1.165, 1.54) is 0 Å². The zero-order chi connectivity index (χ0) is 15.9. The number of hydrogen-bond acceptors (Lipinski definition) is 4. The molecule has 0 amide bonds. The molecule has 0 bridgehead atoms. The zero-order valence-electron chi connectivity index (χ0n) is 14.2. The third-order valence-electron chi connectivity index (χ3n) is 4.38. The summed E-state index contributed by atoms with van der Waals surface area (Å²) in [7, 11) is 0. The quantitative estimate of drug-likeness (QED) is 0.690. The summed E-state index contributed by atoms with van der Waals surface area (Å²) in [6.07, 6.45) is 3.51. The van der Waals surface area contributed by atoms with Gasteiger partial charge in [-0.2, -0.15) is 0 Å². The molecule has 0 radical (unpaired) electrons. The second-order valence-electron chi connectivity index (χ2n) is 5.36. The van der Waals surface area contributed by atoms with Crippen molar-refractivity contribution in [3.63, 3.8) is 0 Å². The van der Waals surface area contributed by atoms with Crippen LogP contribution in [0, 0.1) is 0 Å². The lowest BCUT2D eigenvalue weighted by Gasteiger charge is -2.39. The van der Waals surface area contributed by atoms with Crippen molar-refractivity contribution in [2.24, 2.45) is 0 Å². The van der Waals surface area contributed by atoms with Gasteiger partial charge in [-0.1, -0.05) is 27.7 Å². The molecule has 0 aromatic carbocycles. The molecule has 0 aliphatic heterocycles. The SMILES string of the molecule is CCN(CC)C(c1ccco1)C(c1ccco1)N(CC)CC. The van der Waals surface area contributed by atoms with E-state index in [9.17, 15) is 0 Å². The molecular weight excluding hydrogens is 276 g/mol. The molecule has 0 N–H and O–H groups in total. The molecule has 22 heavy (non-hydrogen) atoms. The predicted molar refractivity (Wildman–Crippen MR) is 88.7 cm³/mol. The lowest BCUT2D eigenvalue weighted by molar-refractivity contribution is 0.0624. The second-order valence-corrected chi connectivity index (χ2v) is 5.36. The first kappa shape index (κ1) is 16.8. The van der Waals surface area contributed by atoms with E-state index in [2.05, 4.69) is 49.6 Å². The summed E-state index contributed by atoms with van der Waals surface area (Å²) in [5.74, 6) is 1.99. The molecule has 2 unspecified atom stereocenters. The normalized spacial score (nSPS) is 14.6. The molecule has 0 spiro atoms. The molecule has 0 aliphatic rings. The van der Waals surface area contributed by atoms with Crippen LogP contribution >= 0.6 is 0 Å². The van der Waals surface area contributed by atoms with Gasteiger partial charge in [-0.25, -0.2) is 0 Å². The van der Waals surface area contributed by atoms with Crippen molar-refractivity contribution in [3.8, 4) is 0 Å². The fraction of sp³-hybridized carbons (Fsp3) is 0.556. The number of nitrogens with zero attached hydrogens (tertiary/aromatic N) is 2. The second kappa shape index (κ2) is 8.20. The minimum atomic E-state index is 0.149. The Morgan fingerprint density at radius 2 is 1.09 bits per heavy atom. The Morgan fingerprint density at radius 3 is 1.32 bits per heavy atom. The van der Waals surface area contributed by atoms with Crippen LogP contribution in [0.2, 0.25) is 0 Å². The molecule has 2 aromatic heterocycles. The van der Waals surface area contributed by atoms with Gasteiger partial charge in [0.1, 0.15) is 11.5 Å². The Morgan fingerprint density at radius 1 is 0.727 bits per heavy atom. The van der Waals surface area contributed by atoms with Crippen molar-refractivity contribution in [1.29, 1.82) is 0 Å². The van der Waals surface area contributed by atoms with E-state index >= 15 is 0 Å². The third kappa shape index (κ3) is 3.45. The summed E-state index contributed by atoms with van der Waals surface area (Å²) >= 11 is 0. The molecule has 2 atom stereocenters. The first-order valence-corrected chi connectivity index (χ1v) is 8.31. The van der Waals surface area contributed by atoms with Crippen LogP contribution in [0.15, 0.2) is 45.6 Å². The van der Waals surface area contributed by atoms with E-state index < -0.39 is 0 Å².